The van der Waals surface area contributed by atoms with Gasteiger partial charge in [-0.1, -0.05) is 0 Å². The Kier molecular flexibility index (Phi) is 4.98. The van der Waals surface area contributed by atoms with Gasteiger partial charge in [-0.15, -0.1) is 0 Å². The summed E-state index contributed by atoms with van der Waals surface area (Å²) in [5.41, 5.74) is 0.0615. The molecule has 1 aliphatic rings. The van der Waals surface area contributed by atoms with Crippen LogP contribution >= 0.6 is 0 Å². The Morgan fingerprint density at radius 2 is 1.78 bits per heavy atom. The molecule has 1 aliphatic heterocycles. The fourth-order valence-corrected chi connectivity index (χ4v) is 3.21. The maximum Gasteiger partial charge on any atom is 0.341 e. The number of rotatable bonds is 4. The first kappa shape index (κ1) is 17.3. The second kappa shape index (κ2) is 6.61. The van der Waals surface area contributed by atoms with Gasteiger partial charge in [0.05, 0.1) is 4.90 Å². The minimum atomic E-state index is -4.72. The number of likely N-dealkylation sites (tertiary alicyclic amines) is 1. The molecule has 0 saturated carbocycles. The van der Waals surface area contributed by atoms with E-state index in [9.17, 15) is 26.8 Å². The average Bonchev–Trinajstić information content (AvgIpc) is 2.54. The summed E-state index contributed by atoms with van der Waals surface area (Å²) in [6, 6.07) is 3.15. The summed E-state index contributed by atoms with van der Waals surface area (Å²) >= 11 is 0. The number of carboxylic acid groups (broad SMARTS) is 1. The summed E-state index contributed by atoms with van der Waals surface area (Å²) in [4.78, 5) is 24.2. The lowest BCUT2D eigenvalue weighted by Crippen LogP contribution is -2.47. The smallest absolute Gasteiger partial charge is 0.341 e. The van der Waals surface area contributed by atoms with Crippen LogP contribution in [0.3, 0.4) is 0 Å². The van der Waals surface area contributed by atoms with Crippen molar-refractivity contribution < 1.29 is 31.9 Å². The standard InChI is InChI=1S/C14H15F2NO5S/c15-14(16)23(21,22)10-6-4-9(5-7-10)12(18)17-8-2-1-3-11(17)13(19)20/h4-7,11,14H,1-3,8H2,(H,19,20). The predicted molar refractivity (Wildman–Crippen MR) is 75.9 cm³/mol. The number of sulfone groups is 1. The van der Waals surface area contributed by atoms with E-state index in [4.69, 9.17) is 5.11 Å². The summed E-state index contributed by atoms with van der Waals surface area (Å²) in [6.07, 6.45) is 1.72. The van der Waals surface area contributed by atoms with Crippen molar-refractivity contribution in [3.8, 4) is 0 Å². The quantitative estimate of drug-likeness (QED) is 0.896. The van der Waals surface area contributed by atoms with Crippen LogP contribution < -0.4 is 0 Å². The van der Waals surface area contributed by atoms with Crippen LogP contribution in [0, 0.1) is 0 Å². The van der Waals surface area contributed by atoms with Crippen molar-refractivity contribution in [1.82, 2.24) is 4.90 Å². The summed E-state index contributed by atoms with van der Waals surface area (Å²) < 4.78 is 47.6. The number of benzene rings is 1. The van der Waals surface area contributed by atoms with Gasteiger partial charge in [0.1, 0.15) is 6.04 Å². The number of carboxylic acids is 1. The van der Waals surface area contributed by atoms with E-state index in [0.717, 1.165) is 24.3 Å². The van der Waals surface area contributed by atoms with Crippen molar-refractivity contribution in [2.75, 3.05) is 6.54 Å². The molecular formula is C14H15F2NO5S. The number of carbonyl (C=O) groups excluding carboxylic acids is 1. The first-order chi connectivity index (χ1) is 10.7. The summed E-state index contributed by atoms with van der Waals surface area (Å²) in [5, 5.41) is 9.16. The van der Waals surface area contributed by atoms with Crippen molar-refractivity contribution in [3.63, 3.8) is 0 Å². The molecule has 1 unspecified atom stereocenters. The maximum atomic E-state index is 12.5. The van der Waals surface area contributed by atoms with Crippen LogP contribution in [-0.4, -0.2) is 48.6 Å². The Morgan fingerprint density at radius 3 is 2.30 bits per heavy atom. The van der Waals surface area contributed by atoms with Crippen LogP contribution in [0.2, 0.25) is 0 Å². The molecule has 126 valence electrons. The van der Waals surface area contributed by atoms with Gasteiger partial charge >= 0.3 is 11.7 Å². The molecule has 0 bridgehead atoms. The van der Waals surface area contributed by atoms with E-state index in [1.165, 1.54) is 4.90 Å². The minimum Gasteiger partial charge on any atom is -0.480 e. The highest BCUT2D eigenvalue weighted by Gasteiger charge is 2.33. The number of carbonyl (C=O) groups is 2. The van der Waals surface area contributed by atoms with Crippen LogP contribution in [0.15, 0.2) is 29.2 Å². The molecule has 1 N–H and O–H groups in total. The van der Waals surface area contributed by atoms with Gasteiger partial charge in [-0.3, -0.25) is 4.79 Å². The normalized spacial score (nSPS) is 18.9. The molecule has 6 nitrogen and oxygen atoms in total. The molecular weight excluding hydrogens is 332 g/mol. The van der Waals surface area contributed by atoms with Crippen LogP contribution in [-0.2, 0) is 14.6 Å². The van der Waals surface area contributed by atoms with Gasteiger partial charge in [-0.25, -0.2) is 13.2 Å². The molecule has 1 aromatic carbocycles. The number of hydrogen-bond acceptors (Lipinski definition) is 4. The number of alkyl halides is 2. The van der Waals surface area contributed by atoms with Crippen LogP contribution in [0.4, 0.5) is 8.78 Å². The van der Waals surface area contributed by atoms with Gasteiger partial charge in [0.2, 0.25) is 9.84 Å². The lowest BCUT2D eigenvalue weighted by molar-refractivity contribution is -0.143. The highest BCUT2D eigenvalue weighted by atomic mass is 32.2. The SMILES string of the molecule is O=C(O)C1CCCCN1C(=O)c1ccc(S(=O)(=O)C(F)F)cc1. The van der Waals surface area contributed by atoms with Crippen molar-refractivity contribution in [3.05, 3.63) is 29.8 Å². The van der Waals surface area contributed by atoms with E-state index in [1.807, 2.05) is 0 Å². The summed E-state index contributed by atoms with van der Waals surface area (Å²) in [7, 11) is -4.72. The topological polar surface area (TPSA) is 91.8 Å². The van der Waals surface area contributed by atoms with E-state index in [2.05, 4.69) is 0 Å². The molecule has 9 heteroatoms. The summed E-state index contributed by atoms with van der Waals surface area (Å²) in [6.45, 7) is 0.285. The van der Waals surface area contributed by atoms with E-state index < -0.39 is 38.4 Å². The lowest BCUT2D eigenvalue weighted by atomic mass is 10.0. The van der Waals surface area contributed by atoms with Gasteiger partial charge in [-0.05, 0) is 43.5 Å². The number of halogens is 2. The van der Waals surface area contributed by atoms with Crippen molar-refractivity contribution in [1.29, 1.82) is 0 Å². The molecule has 1 heterocycles. The van der Waals surface area contributed by atoms with Crippen LogP contribution in [0.25, 0.3) is 0 Å². The Morgan fingerprint density at radius 1 is 1.17 bits per heavy atom. The minimum absolute atomic E-state index is 0.0615. The zero-order chi connectivity index (χ0) is 17.2. The first-order valence-electron chi connectivity index (χ1n) is 6.91. The predicted octanol–water partition coefficient (Wildman–Crippen LogP) is 1.76. The molecule has 1 amide bonds. The average molecular weight is 347 g/mol. The monoisotopic (exact) mass is 347 g/mol. The molecule has 0 aliphatic carbocycles. The molecule has 1 atom stereocenters. The second-order valence-electron chi connectivity index (χ2n) is 5.18. The second-order valence-corrected chi connectivity index (χ2v) is 7.10. The van der Waals surface area contributed by atoms with Gasteiger partial charge in [0.25, 0.3) is 5.91 Å². The number of nitrogens with zero attached hydrogens (tertiary/aromatic N) is 1. The molecule has 1 fully saturated rings. The molecule has 0 aromatic heterocycles. The third kappa shape index (κ3) is 3.49. The lowest BCUT2D eigenvalue weighted by Gasteiger charge is -2.33. The fraction of sp³-hybridized carbons (Fsp3) is 0.429. The third-order valence-corrected chi connectivity index (χ3v) is 5.11. The molecule has 0 radical (unpaired) electrons. The van der Waals surface area contributed by atoms with Crippen molar-refractivity contribution in [2.45, 2.75) is 36.0 Å². The first-order valence-corrected chi connectivity index (χ1v) is 8.45. The fourth-order valence-electron chi connectivity index (χ4n) is 2.49. The van der Waals surface area contributed by atoms with Crippen LogP contribution in [0.5, 0.6) is 0 Å². The van der Waals surface area contributed by atoms with Crippen LogP contribution in [0.1, 0.15) is 29.6 Å². The number of aliphatic carboxylic acids is 1. The maximum absolute atomic E-state index is 12.5. The van der Waals surface area contributed by atoms with Crippen molar-refractivity contribution >= 4 is 21.7 Å². The largest absolute Gasteiger partial charge is 0.480 e. The number of hydrogen-bond donors (Lipinski definition) is 1. The molecule has 2 rings (SSSR count). The highest BCUT2D eigenvalue weighted by Crippen LogP contribution is 2.22. The van der Waals surface area contributed by atoms with Gasteiger partial charge in [-0.2, -0.15) is 8.78 Å². The van der Waals surface area contributed by atoms with E-state index in [0.29, 0.717) is 19.3 Å². The van der Waals surface area contributed by atoms with Gasteiger partial charge < -0.3 is 10.0 Å². The Hall–Kier alpha value is -2.03. The summed E-state index contributed by atoms with van der Waals surface area (Å²) in [5.74, 6) is -5.20. The Labute approximate surface area is 131 Å². The molecule has 1 aromatic rings. The van der Waals surface area contributed by atoms with E-state index in [-0.39, 0.29) is 12.1 Å². The molecule has 1 saturated heterocycles. The van der Waals surface area contributed by atoms with E-state index in [1.54, 1.807) is 0 Å². The number of amides is 1. The van der Waals surface area contributed by atoms with E-state index >= 15 is 0 Å². The third-order valence-electron chi connectivity index (χ3n) is 3.71. The Balaban J connectivity index is 2.25. The zero-order valence-corrected chi connectivity index (χ0v) is 12.8. The number of piperidine rings is 1. The zero-order valence-electron chi connectivity index (χ0n) is 12.0. The molecule has 0 spiro atoms. The highest BCUT2D eigenvalue weighted by molar-refractivity contribution is 7.91. The van der Waals surface area contributed by atoms with Gasteiger partial charge in [0.15, 0.2) is 0 Å². The van der Waals surface area contributed by atoms with Gasteiger partial charge in [0, 0.05) is 12.1 Å². The molecule has 23 heavy (non-hydrogen) atoms. The van der Waals surface area contributed by atoms with Crippen molar-refractivity contribution in [2.24, 2.45) is 0 Å². The Bertz CT molecular complexity index is 702.